The normalized spacial score (nSPS) is 21.2. The Kier molecular flexibility index (Phi) is 2.91. The van der Waals surface area contributed by atoms with E-state index in [-0.39, 0.29) is 11.5 Å². The molecule has 1 aliphatic carbocycles. The van der Waals surface area contributed by atoms with Crippen LogP contribution in [0.4, 0.5) is 0 Å². The number of nitrogens with two attached hydrogens (primary N) is 1. The average Bonchev–Trinajstić information content (AvgIpc) is 2.72. The average molecular weight is 274 g/mol. The van der Waals surface area contributed by atoms with Crippen LogP contribution in [0, 0.1) is 12.3 Å². The number of rotatable bonds is 1. The highest BCUT2D eigenvalue weighted by Crippen LogP contribution is 2.43. The van der Waals surface area contributed by atoms with Crippen LogP contribution in [-0.4, -0.2) is 15.0 Å². The van der Waals surface area contributed by atoms with Crippen molar-refractivity contribution in [3.63, 3.8) is 0 Å². The molecule has 1 atom stereocenters. The minimum absolute atomic E-state index is 0.0930. The van der Waals surface area contributed by atoms with Gasteiger partial charge in [-0.25, -0.2) is 15.0 Å². The first-order valence-electron chi connectivity index (χ1n) is 6.49. The van der Waals surface area contributed by atoms with Gasteiger partial charge in [0, 0.05) is 23.3 Å². The van der Waals surface area contributed by atoms with Gasteiger partial charge in [0.1, 0.15) is 0 Å². The maximum atomic E-state index is 6.27. The molecule has 0 saturated heterocycles. The van der Waals surface area contributed by atoms with Gasteiger partial charge in [0.2, 0.25) is 0 Å². The zero-order valence-corrected chi connectivity index (χ0v) is 12.3. The highest BCUT2D eigenvalue weighted by atomic mass is 32.1. The molecule has 2 heterocycles. The van der Waals surface area contributed by atoms with E-state index < -0.39 is 0 Å². The van der Waals surface area contributed by atoms with Crippen LogP contribution in [-0.2, 0) is 6.42 Å². The monoisotopic (exact) mass is 274 g/mol. The van der Waals surface area contributed by atoms with Crippen LogP contribution >= 0.6 is 11.3 Å². The number of aryl methyl sites for hydroxylation is 1. The molecule has 1 aliphatic rings. The second kappa shape index (κ2) is 4.35. The Labute approximate surface area is 117 Å². The predicted octanol–water partition coefficient (Wildman–Crippen LogP) is 2.88. The zero-order valence-electron chi connectivity index (χ0n) is 11.5. The summed E-state index contributed by atoms with van der Waals surface area (Å²) in [6, 6.07) is 0.0930. The smallest absolute Gasteiger partial charge is 0.188 e. The van der Waals surface area contributed by atoms with Crippen molar-refractivity contribution in [2.75, 3.05) is 0 Å². The van der Waals surface area contributed by atoms with E-state index >= 15 is 0 Å². The molecular weight excluding hydrogens is 256 g/mol. The summed E-state index contributed by atoms with van der Waals surface area (Å²) in [5.74, 6) is 0.704. The van der Waals surface area contributed by atoms with E-state index in [1.54, 1.807) is 11.3 Å². The Hall–Kier alpha value is -1.33. The second-order valence-electron chi connectivity index (χ2n) is 6.07. The van der Waals surface area contributed by atoms with E-state index in [4.69, 9.17) is 10.7 Å². The fourth-order valence-corrected chi connectivity index (χ4v) is 3.62. The quantitative estimate of drug-likeness (QED) is 0.868. The molecule has 0 saturated carbocycles. The lowest BCUT2D eigenvalue weighted by atomic mass is 9.77. The third-order valence-corrected chi connectivity index (χ3v) is 4.68. The first-order valence-corrected chi connectivity index (χ1v) is 7.30. The highest BCUT2D eigenvalue weighted by Gasteiger charge is 2.33. The van der Waals surface area contributed by atoms with E-state index in [1.165, 1.54) is 4.88 Å². The SMILES string of the molecule is Cc1cnc(-c2nc3c(s2)C(N)CC(C)(C)C3)nc1. The Bertz CT molecular complexity index is 600. The van der Waals surface area contributed by atoms with Crippen LogP contribution in [0.2, 0.25) is 0 Å². The third kappa shape index (κ3) is 2.40. The second-order valence-corrected chi connectivity index (χ2v) is 7.10. The Morgan fingerprint density at radius 2 is 2.00 bits per heavy atom. The van der Waals surface area contributed by atoms with Crippen LogP contribution < -0.4 is 5.73 Å². The first-order chi connectivity index (χ1) is 8.94. The van der Waals surface area contributed by atoms with Crippen molar-refractivity contribution in [1.82, 2.24) is 15.0 Å². The molecule has 2 aromatic heterocycles. The molecule has 5 heteroatoms. The van der Waals surface area contributed by atoms with Crippen molar-refractivity contribution in [1.29, 1.82) is 0 Å². The Balaban J connectivity index is 2.01. The van der Waals surface area contributed by atoms with Crippen LogP contribution in [0.5, 0.6) is 0 Å². The van der Waals surface area contributed by atoms with Crippen molar-refractivity contribution in [2.45, 2.75) is 39.7 Å². The number of nitrogens with zero attached hydrogens (tertiary/aromatic N) is 3. The maximum Gasteiger partial charge on any atom is 0.188 e. The molecule has 0 aromatic carbocycles. The fraction of sp³-hybridized carbons (Fsp3) is 0.500. The summed E-state index contributed by atoms with van der Waals surface area (Å²) >= 11 is 1.64. The number of hydrogen-bond donors (Lipinski definition) is 1. The predicted molar refractivity (Wildman–Crippen MR) is 76.9 cm³/mol. The number of aromatic nitrogens is 3. The lowest BCUT2D eigenvalue weighted by Gasteiger charge is -2.32. The molecule has 2 N–H and O–H groups in total. The summed E-state index contributed by atoms with van der Waals surface area (Å²) in [4.78, 5) is 14.6. The largest absolute Gasteiger partial charge is 0.323 e. The molecule has 0 amide bonds. The van der Waals surface area contributed by atoms with Crippen molar-refractivity contribution in [2.24, 2.45) is 11.1 Å². The van der Waals surface area contributed by atoms with Gasteiger partial charge in [-0.05, 0) is 30.7 Å². The Morgan fingerprint density at radius 3 is 2.68 bits per heavy atom. The van der Waals surface area contributed by atoms with Gasteiger partial charge < -0.3 is 5.73 Å². The molecule has 0 spiro atoms. The standard InChI is InChI=1S/C14H18N4S/c1-8-6-16-12(17-7-8)13-18-10-5-14(2,3)4-9(15)11(10)19-13/h6-7,9H,4-5,15H2,1-3H3. The van der Waals surface area contributed by atoms with E-state index in [0.717, 1.165) is 29.1 Å². The van der Waals surface area contributed by atoms with Gasteiger partial charge in [0.25, 0.3) is 0 Å². The van der Waals surface area contributed by atoms with Crippen LogP contribution in [0.1, 0.15) is 42.4 Å². The summed E-state index contributed by atoms with van der Waals surface area (Å²) in [6.07, 6.45) is 5.65. The molecule has 4 nitrogen and oxygen atoms in total. The minimum atomic E-state index is 0.0930. The third-order valence-electron chi connectivity index (χ3n) is 3.46. The molecule has 1 unspecified atom stereocenters. The molecule has 2 aromatic rings. The van der Waals surface area contributed by atoms with Gasteiger partial charge in [-0.3, -0.25) is 0 Å². The summed E-state index contributed by atoms with van der Waals surface area (Å²) in [5, 5.41) is 0.887. The fourth-order valence-electron chi connectivity index (χ4n) is 2.59. The van der Waals surface area contributed by atoms with Crippen LogP contribution in [0.3, 0.4) is 0 Å². The molecule has 3 rings (SSSR count). The summed E-state index contributed by atoms with van der Waals surface area (Å²) in [5.41, 5.74) is 8.69. The van der Waals surface area contributed by atoms with E-state index in [9.17, 15) is 0 Å². The zero-order chi connectivity index (χ0) is 13.6. The van der Waals surface area contributed by atoms with Crippen LogP contribution in [0.25, 0.3) is 10.8 Å². The minimum Gasteiger partial charge on any atom is -0.323 e. The number of thiazole rings is 1. The molecule has 0 radical (unpaired) electrons. The van der Waals surface area contributed by atoms with Gasteiger partial charge >= 0.3 is 0 Å². The molecule has 19 heavy (non-hydrogen) atoms. The van der Waals surface area contributed by atoms with E-state index in [1.807, 2.05) is 19.3 Å². The molecule has 0 fully saturated rings. The summed E-state index contributed by atoms with van der Waals surface area (Å²) in [6.45, 7) is 6.48. The Morgan fingerprint density at radius 1 is 1.32 bits per heavy atom. The van der Waals surface area contributed by atoms with Crippen LogP contribution in [0.15, 0.2) is 12.4 Å². The van der Waals surface area contributed by atoms with Gasteiger partial charge in [0.15, 0.2) is 10.8 Å². The van der Waals surface area contributed by atoms with Crippen molar-refractivity contribution in [3.8, 4) is 10.8 Å². The molecule has 0 aliphatic heterocycles. The lowest BCUT2D eigenvalue weighted by Crippen LogP contribution is -2.28. The van der Waals surface area contributed by atoms with E-state index in [0.29, 0.717) is 5.82 Å². The van der Waals surface area contributed by atoms with Gasteiger partial charge in [-0.1, -0.05) is 13.8 Å². The van der Waals surface area contributed by atoms with Gasteiger partial charge in [-0.2, -0.15) is 0 Å². The van der Waals surface area contributed by atoms with Crippen molar-refractivity contribution in [3.05, 3.63) is 28.5 Å². The summed E-state index contributed by atoms with van der Waals surface area (Å²) in [7, 11) is 0. The number of fused-ring (bicyclic) bond motifs is 1. The maximum absolute atomic E-state index is 6.27. The lowest BCUT2D eigenvalue weighted by molar-refractivity contribution is 0.282. The topological polar surface area (TPSA) is 64.7 Å². The highest BCUT2D eigenvalue weighted by molar-refractivity contribution is 7.15. The van der Waals surface area contributed by atoms with Gasteiger partial charge in [-0.15, -0.1) is 11.3 Å². The van der Waals surface area contributed by atoms with Crippen molar-refractivity contribution >= 4 is 11.3 Å². The van der Waals surface area contributed by atoms with Crippen molar-refractivity contribution < 1.29 is 0 Å². The first kappa shape index (κ1) is 12.7. The van der Waals surface area contributed by atoms with Gasteiger partial charge in [0.05, 0.1) is 5.69 Å². The van der Waals surface area contributed by atoms with E-state index in [2.05, 4.69) is 23.8 Å². The molecular formula is C14H18N4S. The number of hydrogen-bond acceptors (Lipinski definition) is 5. The summed E-state index contributed by atoms with van der Waals surface area (Å²) < 4.78 is 0. The molecule has 0 bridgehead atoms. The molecule has 100 valence electrons.